The molecule has 2 nitrogen and oxygen atoms in total. The number of rotatable bonds is 11. The molecule has 0 aromatic heterocycles. The Labute approximate surface area is 127 Å². The van der Waals surface area contributed by atoms with Gasteiger partial charge in [0.2, 0.25) is 0 Å². The minimum Gasteiger partial charge on any atom is -0.349 e. The number of hydrogen-bond donors (Lipinski definition) is 0. The third-order valence-electron chi connectivity index (χ3n) is 4.39. The summed E-state index contributed by atoms with van der Waals surface area (Å²) in [6.07, 6.45) is 15.0. The highest BCUT2D eigenvalue weighted by Crippen LogP contribution is 2.61. The Balaban J connectivity index is 2.64. The highest BCUT2D eigenvalue weighted by molar-refractivity contribution is 7.75. The molecule has 20 heavy (non-hydrogen) atoms. The lowest BCUT2D eigenvalue weighted by atomic mass is 10.4. The molecule has 0 radical (unpaired) electrons. The lowest BCUT2D eigenvalue weighted by Gasteiger charge is -2.33. The predicted molar refractivity (Wildman–Crippen MR) is 91.4 cm³/mol. The van der Waals surface area contributed by atoms with E-state index in [1.165, 1.54) is 63.2 Å². The normalized spacial score (nSPS) is 17.6. The summed E-state index contributed by atoms with van der Waals surface area (Å²) in [6, 6.07) is 0. The van der Waals surface area contributed by atoms with Gasteiger partial charge in [-0.3, -0.25) is 0 Å². The van der Waals surface area contributed by atoms with E-state index in [4.69, 9.17) is 9.47 Å². The van der Waals surface area contributed by atoms with Crippen LogP contribution >= 0.6 is 7.26 Å². The molecule has 0 unspecified atom stereocenters. The van der Waals surface area contributed by atoms with Crippen LogP contribution in [0.5, 0.6) is 0 Å². The van der Waals surface area contributed by atoms with Gasteiger partial charge in [-0.2, -0.15) is 0 Å². The van der Waals surface area contributed by atoms with Gasteiger partial charge in [0, 0.05) is 7.26 Å². The van der Waals surface area contributed by atoms with Gasteiger partial charge >= 0.3 is 0 Å². The van der Waals surface area contributed by atoms with Gasteiger partial charge in [0.25, 0.3) is 0 Å². The van der Waals surface area contributed by atoms with E-state index in [0.29, 0.717) is 0 Å². The standard InChI is InChI=1S/C17H36O2P/c1-4-7-13-20(14-8-5-2,15-9-6-3)16-17-18-11-10-12-19-17/h17H,4-16H2,1-3H3/q+1. The molecule has 0 spiro atoms. The topological polar surface area (TPSA) is 18.5 Å². The van der Waals surface area contributed by atoms with Gasteiger partial charge in [-0.1, -0.05) is 40.0 Å². The molecule has 0 saturated carbocycles. The smallest absolute Gasteiger partial charge is 0.191 e. The zero-order valence-electron chi connectivity index (χ0n) is 14.0. The van der Waals surface area contributed by atoms with Crippen LogP contribution in [-0.2, 0) is 9.47 Å². The molecule has 0 bridgehead atoms. The van der Waals surface area contributed by atoms with Crippen LogP contribution in [0.3, 0.4) is 0 Å². The quantitative estimate of drug-likeness (QED) is 0.490. The highest BCUT2D eigenvalue weighted by atomic mass is 31.2. The van der Waals surface area contributed by atoms with Crippen LogP contribution in [0, 0.1) is 0 Å². The number of hydrogen-bond acceptors (Lipinski definition) is 2. The molecule has 1 aliphatic heterocycles. The molecule has 0 atom stereocenters. The Bertz CT molecular complexity index is 205. The predicted octanol–water partition coefficient (Wildman–Crippen LogP) is 5.17. The largest absolute Gasteiger partial charge is 0.349 e. The minimum absolute atomic E-state index is 0.114. The molecule has 1 heterocycles. The van der Waals surface area contributed by atoms with Crippen molar-refractivity contribution < 1.29 is 9.47 Å². The highest BCUT2D eigenvalue weighted by Gasteiger charge is 2.39. The summed E-state index contributed by atoms with van der Waals surface area (Å²) >= 11 is 0. The summed E-state index contributed by atoms with van der Waals surface area (Å²) < 4.78 is 11.8. The van der Waals surface area contributed by atoms with Crippen molar-refractivity contribution in [2.24, 2.45) is 0 Å². The van der Waals surface area contributed by atoms with Crippen molar-refractivity contribution in [1.82, 2.24) is 0 Å². The van der Waals surface area contributed by atoms with Crippen molar-refractivity contribution in [1.29, 1.82) is 0 Å². The molecular formula is C17H36O2P+. The lowest BCUT2D eigenvalue weighted by molar-refractivity contribution is -0.165. The summed E-state index contributed by atoms with van der Waals surface area (Å²) in [5.74, 6) is 0. The first-order chi connectivity index (χ1) is 9.76. The van der Waals surface area contributed by atoms with Gasteiger partial charge in [0.1, 0.15) is 6.16 Å². The van der Waals surface area contributed by atoms with Crippen molar-refractivity contribution >= 4 is 7.26 Å². The molecule has 0 aromatic rings. The van der Waals surface area contributed by atoms with Crippen LogP contribution in [-0.4, -0.2) is 44.2 Å². The van der Waals surface area contributed by atoms with Gasteiger partial charge in [0.15, 0.2) is 6.29 Å². The third-order valence-corrected chi connectivity index (χ3v) is 9.26. The Kier molecular flexibility index (Phi) is 10.1. The Morgan fingerprint density at radius 1 is 0.800 bits per heavy atom. The van der Waals surface area contributed by atoms with Gasteiger partial charge in [0.05, 0.1) is 31.7 Å². The van der Waals surface area contributed by atoms with Gasteiger partial charge in [-0.05, 0) is 25.7 Å². The first-order valence-corrected chi connectivity index (χ1v) is 11.4. The SMILES string of the molecule is CCCC[P+](CCCC)(CCCC)CC1OCCCO1. The summed E-state index contributed by atoms with van der Waals surface area (Å²) in [4.78, 5) is 0. The fraction of sp³-hybridized carbons (Fsp3) is 1.00. The molecule has 0 amide bonds. The van der Waals surface area contributed by atoms with Crippen LogP contribution in [0.1, 0.15) is 65.7 Å². The Morgan fingerprint density at radius 3 is 1.65 bits per heavy atom. The Morgan fingerprint density at radius 2 is 1.25 bits per heavy atom. The van der Waals surface area contributed by atoms with Crippen LogP contribution in [0.4, 0.5) is 0 Å². The second-order valence-corrected chi connectivity index (χ2v) is 10.7. The third kappa shape index (κ3) is 6.87. The molecule has 1 fully saturated rings. The molecule has 1 rings (SSSR count). The van der Waals surface area contributed by atoms with Crippen molar-refractivity contribution in [3.8, 4) is 0 Å². The first-order valence-electron chi connectivity index (χ1n) is 8.84. The van der Waals surface area contributed by atoms with Crippen LogP contribution < -0.4 is 0 Å². The van der Waals surface area contributed by atoms with E-state index in [-0.39, 0.29) is 6.29 Å². The maximum absolute atomic E-state index is 5.88. The molecule has 0 N–H and O–H groups in total. The van der Waals surface area contributed by atoms with E-state index in [9.17, 15) is 0 Å². The number of ether oxygens (including phenoxy) is 2. The zero-order chi connectivity index (χ0) is 14.7. The number of unbranched alkanes of at least 4 members (excludes halogenated alkanes) is 3. The maximum Gasteiger partial charge on any atom is 0.191 e. The summed E-state index contributed by atoms with van der Waals surface area (Å²) in [7, 11) is -0.864. The van der Waals surface area contributed by atoms with E-state index in [1.807, 2.05) is 0 Å². The fourth-order valence-corrected chi connectivity index (χ4v) is 8.07. The van der Waals surface area contributed by atoms with Crippen LogP contribution in [0.15, 0.2) is 0 Å². The molecule has 0 aromatic carbocycles. The molecule has 120 valence electrons. The van der Waals surface area contributed by atoms with Gasteiger partial charge < -0.3 is 9.47 Å². The van der Waals surface area contributed by atoms with Gasteiger partial charge in [-0.25, -0.2) is 0 Å². The summed E-state index contributed by atoms with van der Waals surface area (Å²) in [5.41, 5.74) is 0. The average molecular weight is 303 g/mol. The second kappa shape index (κ2) is 11.0. The molecule has 3 heteroatoms. The molecular weight excluding hydrogens is 267 g/mol. The van der Waals surface area contributed by atoms with Crippen molar-refractivity contribution in [3.63, 3.8) is 0 Å². The summed E-state index contributed by atoms with van der Waals surface area (Å²) in [6.45, 7) is 8.77. The molecule has 1 aliphatic rings. The second-order valence-electron chi connectivity index (χ2n) is 6.28. The van der Waals surface area contributed by atoms with Crippen LogP contribution in [0.2, 0.25) is 0 Å². The van der Waals surface area contributed by atoms with E-state index >= 15 is 0 Å². The average Bonchev–Trinajstić information content (AvgIpc) is 2.49. The van der Waals surface area contributed by atoms with E-state index in [2.05, 4.69) is 20.8 Å². The van der Waals surface area contributed by atoms with E-state index in [1.54, 1.807) is 0 Å². The van der Waals surface area contributed by atoms with Crippen LogP contribution in [0.25, 0.3) is 0 Å². The van der Waals surface area contributed by atoms with Gasteiger partial charge in [-0.15, -0.1) is 0 Å². The van der Waals surface area contributed by atoms with E-state index < -0.39 is 7.26 Å². The molecule has 1 saturated heterocycles. The molecule has 0 aliphatic carbocycles. The first kappa shape index (κ1) is 18.4. The summed E-state index contributed by atoms with van der Waals surface area (Å²) in [5, 5.41) is 0. The maximum atomic E-state index is 5.88. The van der Waals surface area contributed by atoms with Crippen molar-refractivity contribution in [3.05, 3.63) is 0 Å². The van der Waals surface area contributed by atoms with E-state index in [0.717, 1.165) is 19.6 Å². The lowest BCUT2D eigenvalue weighted by Crippen LogP contribution is -2.31. The zero-order valence-corrected chi connectivity index (χ0v) is 14.9. The van der Waals surface area contributed by atoms with Crippen molar-refractivity contribution in [2.45, 2.75) is 72.0 Å². The fourth-order valence-electron chi connectivity index (χ4n) is 3.05. The monoisotopic (exact) mass is 303 g/mol. The Hall–Kier alpha value is 0.350. The van der Waals surface area contributed by atoms with Crippen molar-refractivity contribution in [2.75, 3.05) is 37.9 Å². The minimum atomic E-state index is -0.864.